The maximum atomic E-state index is 6.14. The van der Waals surface area contributed by atoms with Crippen molar-refractivity contribution < 1.29 is 4.74 Å². The smallest absolute Gasteiger partial charge is 0.138 e. The normalized spacial score (nSPS) is 13.7. The molecular formula is C15H23Cl2NO. The van der Waals surface area contributed by atoms with E-state index in [0.717, 1.165) is 6.54 Å². The molecule has 0 bridgehead atoms. The van der Waals surface area contributed by atoms with Crippen LogP contribution in [0.15, 0.2) is 18.2 Å². The second-order valence-corrected chi connectivity index (χ2v) is 6.95. The van der Waals surface area contributed by atoms with Gasteiger partial charge in [0.2, 0.25) is 0 Å². The Hall–Kier alpha value is -0.440. The van der Waals surface area contributed by atoms with E-state index in [1.165, 1.54) is 0 Å². The van der Waals surface area contributed by atoms with E-state index in [1.54, 1.807) is 12.1 Å². The third-order valence-electron chi connectivity index (χ3n) is 2.75. The second kappa shape index (κ2) is 6.83. The largest absolute Gasteiger partial charge is 0.487 e. The minimum absolute atomic E-state index is 0.0675. The topological polar surface area (TPSA) is 21.3 Å². The van der Waals surface area contributed by atoms with E-state index in [2.05, 4.69) is 39.9 Å². The molecule has 4 heteroatoms. The van der Waals surface area contributed by atoms with Crippen molar-refractivity contribution in [1.29, 1.82) is 0 Å². The Morgan fingerprint density at radius 3 is 2.32 bits per heavy atom. The first-order valence-corrected chi connectivity index (χ1v) is 7.31. The summed E-state index contributed by atoms with van der Waals surface area (Å²) >= 11 is 12.0. The predicted octanol–water partition coefficient (Wildman–Crippen LogP) is 4.78. The molecule has 1 N–H and O–H groups in total. The number of hydrogen-bond acceptors (Lipinski definition) is 2. The zero-order chi connectivity index (χ0) is 14.6. The van der Waals surface area contributed by atoms with Gasteiger partial charge in [-0.1, -0.05) is 37.0 Å². The number of ether oxygens (including phenoxy) is 1. The average Bonchev–Trinajstić information content (AvgIpc) is 2.24. The number of nitrogens with one attached hydrogen (secondary N) is 1. The zero-order valence-electron chi connectivity index (χ0n) is 12.3. The minimum atomic E-state index is 0.0675. The van der Waals surface area contributed by atoms with Gasteiger partial charge in [-0.15, -0.1) is 0 Å². The first-order chi connectivity index (χ1) is 8.69. The highest BCUT2D eigenvalue weighted by Crippen LogP contribution is 2.29. The van der Waals surface area contributed by atoms with Crippen LogP contribution in [0.5, 0.6) is 5.75 Å². The van der Waals surface area contributed by atoms with Gasteiger partial charge in [0.25, 0.3) is 0 Å². The first kappa shape index (κ1) is 16.6. The third-order valence-corrected chi connectivity index (χ3v) is 3.28. The van der Waals surface area contributed by atoms with Gasteiger partial charge in [-0.25, -0.2) is 0 Å². The molecule has 1 aromatic rings. The van der Waals surface area contributed by atoms with Crippen molar-refractivity contribution in [2.24, 2.45) is 5.92 Å². The summed E-state index contributed by atoms with van der Waals surface area (Å²) in [4.78, 5) is 0. The fraction of sp³-hybridized carbons (Fsp3) is 0.600. The van der Waals surface area contributed by atoms with Crippen molar-refractivity contribution >= 4 is 23.2 Å². The molecule has 1 unspecified atom stereocenters. The lowest BCUT2D eigenvalue weighted by Crippen LogP contribution is -2.44. The van der Waals surface area contributed by atoms with Crippen LogP contribution in [0.1, 0.15) is 34.6 Å². The van der Waals surface area contributed by atoms with Crippen LogP contribution in [0, 0.1) is 5.92 Å². The first-order valence-electron chi connectivity index (χ1n) is 6.56. The van der Waals surface area contributed by atoms with E-state index >= 15 is 0 Å². The number of halogens is 2. The summed E-state index contributed by atoms with van der Waals surface area (Å²) in [6.45, 7) is 11.5. The van der Waals surface area contributed by atoms with Gasteiger partial charge in [0.05, 0.1) is 5.02 Å². The van der Waals surface area contributed by atoms with Crippen LogP contribution < -0.4 is 10.1 Å². The molecule has 1 rings (SSSR count). The molecule has 0 saturated carbocycles. The zero-order valence-corrected chi connectivity index (χ0v) is 13.8. The Bertz CT molecular complexity index is 413. The number of rotatable bonds is 5. The van der Waals surface area contributed by atoms with E-state index in [-0.39, 0.29) is 11.6 Å². The van der Waals surface area contributed by atoms with Gasteiger partial charge in [-0.05, 0) is 44.9 Å². The SMILES string of the molecule is CC(C)C(CNC(C)(C)C)Oc1ccc(Cl)cc1Cl. The quantitative estimate of drug-likeness (QED) is 0.845. The molecule has 0 saturated heterocycles. The van der Waals surface area contributed by atoms with E-state index < -0.39 is 0 Å². The van der Waals surface area contributed by atoms with Crippen molar-refractivity contribution in [3.8, 4) is 5.75 Å². The van der Waals surface area contributed by atoms with Crippen LogP contribution in [-0.4, -0.2) is 18.2 Å². The standard InChI is InChI=1S/C15H23Cl2NO/c1-10(2)14(9-18-15(3,4)5)19-13-7-6-11(16)8-12(13)17/h6-8,10,14,18H,9H2,1-5H3. The summed E-state index contributed by atoms with van der Waals surface area (Å²) in [6.07, 6.45) is 0.0675. The fourth-order valence-electron chi connectivity index (χ4n) is 1.55. The molecule has 0 aromatic heterocycles. The molecule has 0 spiro atoms. The number of benzene rings is 1. The summed E-state index contributed by atoms with van der Waals surface area (Å²) < 4.78 is 6.00. The predicted molar refractivity (Wildman–Crippen MR) is 83.5 cm³/mol. The Labute approximate surface area is 126 Å². The van der Waals surface area contributed by atoms with Crippen molar-refractivity contribution in [3.63, 3.8) is 0 Å². The van der Waals surface area contributed by atoms with Crippen LogP contribution >= 0.6 is 23.2 Å². The molecule has 108 valence electrons. The molecule has 0 heterocycles. The molecule has 0 aliphatic carbocycles. The molecular weight excluding hydrogens is 281 g/mol. The van der Waals surface area contributed by atoms with E-state index in [0.29, 0.717) is 21.7 Å². The molecule has 0 amide bonds. The van der Waals surface area contributed by atoms with Gasteiger partial charge in [0.15, 0.2) is 0 Å². The third kappa shape index (κ3) is 6.03. The second-order valence-electron chi connectivity index (χ2n) is 6.11. The molecule has 0 aliphatic rings. The van der Waals surface area contributed by atoms with Gasteiger partial charge in [0.1, 0.15) is 11.9 Å². The van der Waals surface area contributed by atoms with Crippen molar-refractivity contribution in [2.75, 3.05) is 6.54 Å². The van der Waals surface area contributed by atoms with Crippen LogP contribution in [0.4, 0.5) is 0 Å². The fourth-order valence-corrected chi connectivity index (χ4v) is 2.01. The van der Waals surface area contributed by atoms with Gasteiger partial charge in [0, 0.05) is 17.1 Å². The molecule has 0 radical (unpaired) electrons. The maximum Gasteiger partial charge on any atom is 0.138 e. The summed E-state index contributed by atoms with van der Waals surface area (Å²) in [5, 5.41) is 4.63. The van der Waals surface area contributed by atoms with E-state index in [4.69, 9.17) is 27.9 Å². The highest BCUT2D eigenvalue weighted by Gasteiger charge is 2.19. The lowest BCUT2D eigenvalue weighted by Gasteiger charge is -2.28. The Morgan fingerprint density at radius 1 is 1.21 bits per heavy atom. The summed E-state index contributed by atoms with van der Waals surface area (Å²) in [5.41, 5.74) is 0.0697. The highest BCUT2D eigenvalue weighted by atomic mass is 35.5. The lowest BCUT2D eigenvalue weighted by atomic mass is 10.0. The van der Waals surface area contributed by atoms with Crippen LogP contribution in [0.3, 0.4) is 0 Å². The minimum Gasteiger partial charge on any atom is -0.487 e. The maximum absolute atomic E-state index is 6.14. The molecule has 0 fully saturated rings. The van der Waals surface area contributed by atoms with Crippen LogP contribution in [0.25, 0.3) is 0 Å². The Kier molecular flexibility index (Phi) is 5.97. The highest BCUT2D eigenvalue weighted by molar-refractivity contribution is 6.35. The van der Waals surface area contributed by atoms with Gasteiger partial charge in [-0.3, -0.25) is 0 Å². The van der Waals surface area contributed by atoms with Crippen molar-refractivity contribution in [1.82, 2.24) is 5.32 Å². The molecule has 0 aliphatic heterocycles. The van der Waals surface area contributed by atoms with E-state index in [1.807, 2.05) is 6.07 Å². The van der Waals surface area contributed by atoms with Crippen molar-refractivity contribution in [2.45, 2.75) is 46.3 Å². The van der Waals surface area contributed by atoms with Gasteiger partial charge < -0.3 is 10.1 Å². The Morgan fingerprint density at radius 2 is 1.84 bits per heavy atom. The average molecular weight is 304 g/mol. The van der Waals surface area contributed by atoms with Gasteiger partial charge in [-0.2, -0.15) is 0 Å². The summed E-state index contributed by atoms with van der Waals surface area (Å²) in [5.74, 6) is 1.07. The molecule has 1 atom stereocenters. The lowest BCUT2D eigenvalue weighted by molar-refractivity contribution is 0.140. The van der Waals surface area contributed by atoms with Crippen LogP contribution in [0.2, 0.25) is 10.0 Å². The monoisotopic (exact) mass is 303 g/mol. The van der Waals surface area contributed by atoms with Crippen molar-refractivity contribution in [3.05, 3.63) is 28.2 Å². The Balaban J connectivity index is 2.73. The van der Waals surface area contributed by atoms with E-state index in [9.17, 15) is 0 Å². The summed E-state index contributed by atoms with van der Waals surface area (Å²) in [6, 6.07) is 5.31. The van der Waals surface area contributed by atoms with Crippen LogP contribution in [-0.2, 0) is 0 Å². The molecule has 2 nitrogen and oxygen atoms in total. The number of hydrogen-bond donors (Lipinski definition) is 1. The van der Waals surface area contributed by atoms with Gasteiger partial charge >= 0.3 is 0 Å². The molecule has 19 heavy (non-hydrogen) atoms. The summed E-state index contributed by atoms with van der Waals surface area (Å²) in [7, 11) is 0. The molecule has 1 aromatic carbocycles.